The summed E-state index contributed by atoms with van der Waals surface area (Å²) in [4.78, 5) is 26.5. The molecule has 0 spiro atoms. The van der Waals surface area contributed by atoms with E-state index in [2.05, 4.69) is 0 Å². The zero-order valence-electron chi connectivity index (χ0n) is 33.8. The minimum atomic E-state index is -1.07. The second-order valence-corrected chi connectivity index (χ2v) is 14.5. The summed E-state index contributed by atoms with van der Waals surface area (Å²) in [5.41, 5.74) is 4.56. The predicted molar refractivity (Wildman–Crippen MR) is 228 cm³/mol. The highest BCUT2D eigenvalue weighted by molar-refractivity contribution is 5.90. The Bertz CT molecular complexity index is 2160. The molecular formula is C51H50O10. The van der Waals surface area contributed by atoms with Gasteiger partial charge in [0, 0.05) is 0 Å². The maximum Gasteiger partial charge on any atom is 0.338 e. The first-order valence-electron chi connectivity index (χ1n) is 20.4. The van der Waals surface area contributed by atoms with Gasteiger partial charge >= 0.3 is 11.9 Å². The SMILES string of the molecule is O=C(OCC(COC1OC(COCc2ccccc2)C(OCc2ccccc2)C(OCc2ccccc2)C1OCc1ccccc1)OC(=O)c1ccccc1)c1ccccc1. The molecule has 1 saturated heterocycles. The van der Waals surface area contributed by atoms with Crippen molar-refractivity contribution in [1.29, 1.82) is 0 Å². The smallest absolute Gasteiger partial charge is 0.338 e. The highest BCUT2D eigenvalue weighted by Crippen LogP contribution is 2.32. The van der Waals surface area contributed by atoms with Crippen molar-refractivity contribution < 1.29 is 47.5 Å². The highest BCUT2D eigenvalue weighted by Gasteiger charge is 2.49. The average Bonchev–Trinajstić information content (AvgIpc) is 3.32. The van der Waals surface area contributed by atoms with Crippen LogP contribution in [0.25, 0.3) is 0 Å². The van der Waals surface area contributed by atoms with Gasteiger partial charge in [-0.15, -0.1) is 0 Å². The molecule has 6 aromatic rings. The Morgan fingerprint density at radius 2 is 0.852 bits per heavy atom. The van der Waals surface area contributed by atoms with Crippen molar-refractivity contribution in [1.82, 2.24) is 0 Å². The van der Waals surface area contributed by atoms with Crippen molar-refractivity contribution in [3.05, 3.63) is 215 Å². The van der Waals surface area contributed by atoms with Crippen LogP contribution in [0, 0.1) is 0 Å². The topological polar surface area (TPSA) is 108 Å². The Morgan fingerprint density at radius 3 is 1.34 bits per heavy atom. The Hall–Kier alpha value is -5.98. The average molecular weight is 823 g/mol. The molecule has 0 radical (unpaired) electrons. The predicted octanol–water partition coefficient (Wildman–Crippen LogP) is 8.78. The van der Waals surface area contributed by atoms with Crippen molar-refractivity contribution in [3.63, 3.8) is 0 Å². The maximum atomic E-state index is 13.4. The molecular weight excluding hydrogens is 773 g/mol. The first-order valence-corrected chi connectivity index (χ1v) is 20.4. The first kappa shape index (κ1) is 43.1. The van der Waals surface area contributed by atoms with Crippen LogP contribution in [0.3, 0.4) is 0 Å². The van der Waals surface area contributed by atoms with Crippen LogP contribution in [0.5, 0.6) is 0 Å². The molecule has 314 valence electrons. The monoisotopic (exact) mass is 822 g/mol. The summed E-state index contributed by atoms with van der Waals surface area (Å²) in [7, 11) is 0. The van der Waals surface area contributed by atoms with E-state index < -0.39 is 48.7 Å². The number of carbonyl (C=O) groups is 2. The Morgan fingerprint density at radius 1 is 0.443 bits per heavy atom. The molecule has 10 heteroatoms. The van der Waals surface area contributed by atoms with Crippen molar-refractivity contribution in [3.8, 4) is 0 Å². The van der Waals surface area contributed by atoms with Crippen molar-refractivity contribution in [2.24, 2.45) is 0 Å². The molecule has 0 bridgehead atoms. The van der Waals surface area contributed by atoms with Gasteiger partial charge in [-0.2, -0.15) is 0 Å². The number of hydrogen-bond acceptors (Lipinski definition) is 10. The third-order valence-corrected chi connectivity index (χ3v) is 9.98. The van der Waals surface area contributed by atoms with E-state index >= 15 is 0 Å². The summed E-state index contributed by atoms with van der Waals surface area (Å²) in [6, 6.07) is 56.6. The van der Waals surface area contributed by atoms with Crippen LogP contribution in [0.1, 0.15) is 43.0 Å². The first-order chi connectivity index (χ1) is 30.1. The van der Waals surface area contributed by atoms with E-state index in [0.717, 1.165) is 22.3 Å². The lowest BCUT2D eigenvalue weighted by Crippen LogP contribution is -2.62. The van der Waals surface area contributed by atoms with E-state index in [9.17, 15) is 9.59 Å². The summed E-state index contributed by atoms with van der Waals surface area (Å²) in [5.74, 6) is -1.17. The standard InChI is InChI=1S/C51H50O10/c52-49(42-27-15-5-16-28-42)58-35-44(60-50(53)43-29-17-6-18-30-43)36-59-51-48(57-34-41-25-13-4-14-26-41)47(56-33-40-23-11-3-12-24-40)46(55-32-39-21-9-2-10-22-39)45(61-51)37-54-31-38-19-7-1-8-20-38/h1-30,44-48,51H,31-37H2. The molecule has 0 N–H and O–H groups in total. The number of hydrogen-bond donors (Lipinski definition) is 0. The van der Waals surface area contributed by atoms with Gasteiger partial charge in [0.1, 0.15) is 31.0 Å². The molecule has 1 aliphatic rings. The molecule has 0 aliphatic carbocycles. The second-order valence-electron chi connectivity index (χ2n) is 14.5. The minimum Gasteiger partial charge on any atom is -0.458 e. The van der Waals surface area contributed by atoms with E-state index in [-0.39, 0.29) is 39.6 Å². The number of rotatable bonds is 21. The number of carbonyl (C=O) groups excluding carboxylic acids is 2. The third-order valence-electron chi connectivity index (χ3n) is 9.98. The fourth-order valence-corrected chi connectivity index (χ4v) is 6.82. The summed E-state index contributed by atoms with van der Waals surface area (Å²) >= 11 is 0. The van der Waals surface area contributed by atoms with Crippen LogP contribution in [0.4, 0.5) is 0 Å². The largest absolute Gasteiger partial charge is 0.458 e. The molecule has 1 heterocycles. The lowest BCUT2D eigenvalue weighted by molar-refractivity contribution is -0.331. The number of esters is 2. The molecule has 7 rings (SSSR count). The van der Waals surface area contributed by atoms with Crippen LogP contribution >= 0.6 is 0 Å². The van der Waals surface area contributed by atoms with Crippen molar-refractivity contribution in [2.75, 3.05) is 19.8 Å². The molecule has 61 heavy (non-hydrogen) atoms. The summed E-state index contributed by atoms with van der Waals surface area (Å²) in [6.07, 6.45) is -5.07. The quantitative estimate of drug-likeness (QED) is 0.0654. The van der Waals surface area contributed by atoms with Gasteiger partial charge < -0.3 is 37.9 Å². The van der Waals surface area contributed by atoms with Gasteiger partial charge in [0.15, 0.2) is 12.4 Å². The molecule has 6 atom stereocenters. The lowest BCUT2D eigenvalue weighted by atomic mass is 9.97. The molecule has 1 aliphatic heterocycles. The van der Waals surface area contributed by atoms with E-state index in [1.807, 2.05) is 133 Å². The van der Waals surface area contributed by atoms with E-state index in [1.54, 1.807) is 48.5 Å². The summed E-state index contributed by atoms with van der Waals surface area (Å²) in [5, 5.41) is 0. The number of benzene rings is 6. The van der Waals surface area contributed by atoms with Crippen molar-refractivity contribution in [2.45, 2.75) is 63.2 Å². The maximum absolute atomic E-state index is 13.4. The van der Waals surface area contributed by atoms with Crippen molar-refractivity contribution >= 4 is 11.9 Å². The molecule has 0 saturated carbocycles. The Kier molecular flexibility index (Phi) is 16.4. The molecule has 0 amide bonds. The van der Waals surface area contributed by atoms with E-state index in [4.69, 9.17) is 37.9 Å². The van der Waals surface area contributed by atoms with Gasteiger partial charge in [0.25, 0.3) is 0 Å². The highest BCUT2D eigenvalue weighted by atomic mass is 16.7. The Balaban J connectivity index is 1.18. The van der Waals surface area contributed by atoms with Gasteiger partial charge in [-0.3, -0.25) is 0 Å². The summed E-state index contributed by atoms with van der Waals surface area (Å²) in [6.45, 7) is 0.707. The molecule has 6 aromatic carbocycles. The van der Waals surface area contributed by atoms with Crippen LogP contribution in [-0.2, 0) is 64.3 Å². The van der Waals surface area contributed by atoms with Gasteiger partial charge in [0.05, 0.1) is 50.8 Å². The van der Waals surface area contributed by atoms with E-state index in [1.165, 1.54) is 0 Å². The third kappa shape index (κ3) is 13.3. The normalized spacial score (nSPS) is 19.1. The summed E-state index contributed by atoms with van der Waals surface area (Å²) < 4.78 is 51.7. The molecule has 10 nitrogen and oxygen atoms in total. The second kappa shape index (κ2) is 23.1. The Labute approximate surface area is 356 Å². The molecule has 1 fully saturated rings. The zero-order valence-corrected chi connectivity index (χ0v) is 33.8. The van der Waals surface area contributed by atoms with Crippen LogP contribution in [-0.4, -0.2) is 68.6 Å². The zero-order chi connectivity index (χ0) is 41.9. The fourth-order valence-electron chi connectivity index (χ4n) is 6.82. The molecule has 0 aromatic heterocycles. The molecule has 6 unspecified atom stereocenters. The van der Waals surface area contributed by atoms with Crippen LogP contribution in [0.15, 0.2) is 182 Å². The van der Waals surface area contributed by atoms with Gasteiger partial charge in [-0.1, -0.05) is 158 Å². The van der Waals surface area contributed by atoms with Crippen LogP contribution < -0.4 is 0 Å². The van der Waals surface area contributed by atoms with Gasteiger partial charge in [-0.25, -0.2) is 9.59 Å². The fraction of sp³-hybridized carbons (Fsp3) is 0.255. The van der Waals surface area contributed by atoms with Crippen LogP contribution in [0.2, 0.25) is 0 Å². The minimum absolute atomic E-state index is 0.131. The van der Waals surface area contributed by atoms with Gasteiger partial charge in [-0.05, 0) is 46.5 Å². The number of ether oxygens (including phenoxy) is 8. The van der Waals surface area contributed by atoms with Gasteiger partial charge in [0.2, 0.25) is 0 Å². The van der Waals surface area contributed by atoms with E-state index in [0.29, 0.717) is 17.7 Å². The lowest BCUT2D eigenvalue weighted by Gasteiger charge is -2.46.